The molecule has 2 N–H and O–H groups in total. The summed E-state index contributed by atoms with van der Waals surface area (Å²) in [5.74, 6) is 1.66. The van der Waals surface area contributed by atoms with Gasteiger partial charge in [-0.1, -0.05) is 12.1 Å². The van der Waals surface area contributed by atoms with Crippen LogP contribution >= 0.6 is 0 Å². The van der Waals surface area contributed by atoms with Crippen LogP contribution < -0.4 is 14.8 Å². The molecule has 0 radical (unpaired) electrons. The Bertz CT molecular complexity index is 960. The second-order valence-electron chi connectivity index (χ2n) is 5.20. The van der Waals surface area contributed by atoms with E-state index >= 15 is 0 Å². The Morgan fingerprint density at radius 2 is 2.08 bits per heavy atom. The van der Waals surface area contributed by atoms with Crippen LogP contribution in [-0.4, -0.2) is 34.8 Å². The SMILES string of the molecule is COc1ccc(-c2cccc(NC=C(C#N)c3nn[nH]n3)c2)c(OC)c1. The van der Waals surface area contributed by atoms with Crippen LogP contribution in [0.3, 0.4) is 0 Å². The number of nitrogens with one attached hydrogen (secondary N) is 2. The highest BCUT2D eigenvalue weighted by Crippen LogP contribution is 2.34. The summed E-state index contributed by atoms with van der Waals surface area (Å²) < 4.78 is 10.7. The molecule has 0 saturated heterocycles. The Morgan fingerprint density at radius 1 is 1.19 bits per heavy atom. The van der Waals surface area contributed by atoms with E-state index < -0.39 is 0 Å². The van der Waals surface area contributed by atoms with Gasteiger partial charge in [-0.05, 0) is 35.0 Å². The smallest absolute Gasteiger partial charge is 0.216 e. The molecule has 1 aromatic heterocycles. The first-order chi connectivity index (χ1) is 12.7. The fourth-order valence-electron chi connectivity index (χ4n) is 2.39. The highest BCUT2D eigenvalue weighted by molar-refractivity contribution is 5.77. The molecule has 26 heavy (non-hydrogen) atoms. The molecule has 0 aliphatic heterocycles. The summed E-state index contributed by atoms with van der Waals surface area (Å²) in [6.45, 7) is 0. The minimum Gasteiger partial charge on any atom is -0.497 e. The molecule has 0 aliphatic rings. The first kappa shape index (κ1) is 17.0. The lowest BCUT2D eigenvalue weighted by Gasteiger charge is -2.11. The van der Waals surface area contributed by atoms with Crippen LogP contribution in [-0.2, 0) is 0 Å². The number of aromatic nitrogens is 4. The maximum Gasteiger partial charge on any atom is 0.216 e. The van der Waals surface area contributed by atoms with Crippen molar-refractivity contribution in [2.24, 2.45) is 0 Å². The molecule has 0 atom stereocenters. The zero-order valence-corrected chi connectivity index (χ0v) is 14.2. The lowest BCUT2D eigenvalue weighted by molar-refractivity contribution is 0.395. The van der Waals surface area contributed by atoms with E-state index in [2.05, 4.69) is 25.9 Å². The third kappa shape index (κ3) is 3.62. The molecule has 3 aromatic rings. The first-order valence-corrected chi connectivity index (χ1v) is 7.68. The molecule has 0 aliphatic carbocycles. The van der Waals surface area contributed by atoms with Gasteiger partial charge in [-0.2, -0.15) is 10.5 Å². The van der Waals surface area contributed by atoms with Crippen molar-refractivity contribution in [3.8, 4) is 28.7 Å². The van der Waals surface area contributed by atoms with Gasteiger partial charge in [0.25, 0.3) is 0 Å². The van der Waals surface area contributed by atoms with Gasteiger partial charge in [-0.15, -0.1) is 10.2 Å². The fourth-order valence-corrected chi connectivity index (χ4v) is 2.39. The number of ether oxygens (including phenoxy) is 2. The molecule has 0 amide bonds. The molecule has 3 rings (SSSR count). The van der Waals surface area contributed by atoms with Gasteiger partial charge >= 0.3 is 0 Å². The Morgan fingerprint density at radius 3 is 2.77 bits per heavy atom. The first-order valence-electron chi connectivity index (χ1n) is 7.68. The normalized spacial score (nSPS) is 10.9. The van der Waals surface area contributed by atoms with Crippen LogP contribution in [0.25, 0.3) is 16.7 Å². The van der Waals surface area contributed by atoms with Gasteiger partial charge in [0.05, 0.1) is 14.2 Å². The van der Waals surface area contributed by atoms with Crippen LogP contribution in [0.1, 0.15) is 5.82 Å². The van der Waals surface area contributed by atoms with Crippen molar-refractivity contribution in [3.05, 3.63) is 54.5 Å². The average Bonchev–Trinajstić information content (AvgIpc) is 3.23. The number of methoxy groups -OCH3 is 2. The number of aromatic amines is 1. The zero-order valence-electron chi connectivity index (χ0n) is 14.2. The second-order valence-corrected chi connectivity index (χ2v) is 5.20. The van der Waals surface area contributed by atoms with Crippen molar-refractivity contribution in [1.82, 2.24) is 20.6 Å². The van der Waals surface area contributed by atoms with E-state index in [9.17, 15) is 5.26 Å². The third-order valence-electron chi connectivity index (χ3n) is 3.67. The quantitative estimate of drug-likeness (QED) is 0.659. The van der Waals surface area contributed by atoms with E-state index in [1.165, 1.54) is 6.20 Å². The van der Waals surface area contributed by atoms with Gasteiger partial charge in [-0.25, -0.2) is 0 Å². The molecule has 0 spiro atoms. The van der Waals surface area contributed by atoms with E-state index in [-0.39, 0.29) is 11.4 Å². The lowest BCUT2D eigenvalue weighted by atomic mass is 10.0. The van der Waals surface area contributed by atoms with E-state index in [0.29, 0.717) is 5.75 Å². The van der Waals surface area contributed by atoms with Crippen molar-refractivity contribution in [3.63, 3.8) is 0 Å². The number of tetrazole rings is 1. The molecule has 0 bridgehead atoms. The number of benzene rings is 2. The number of rotatable bonds is 6. The van der Waals surface area contributed by atoms with Crippen molar-refractivity contribution >= 4 is 11.3 Å². The molecule has 0 unspecified atom stereocenters. The van der Waals surface area contributed by atoms with Gasteiger partial charge in [-0.3, -0.25) is 0 Å². The molecule has 0 fully saturated rings. The Kier molecular flexibility index (Phi) is 5.10. The Labute approximate surface area is 150 Å². The molecule has 2 aromatic carbocycles. The highest BCUT2D eigenvalue weighted by Gasteiger charge is 2.09. The van der Waals surface area contributed by atoms with E-state index in [1.807, 2.05) is 48.5 Å². The number of nitrogens with zero attached hydrogens (tertiary/aromatic N) is 4. The minimum atomic E-state index is 0.230. The molecule has 1 heterocycles. The summed E-state index contributed by atoms with van der Waals surface area (Å²) in [6, 6.07) is 15.4. The monoisotopic (exact) mass is 348 g/mol. The minimum absolute atomic E-state index is 0.230. The van der Waals surface area contributed by atoms with Crippen LogP contribution in [0, 0.1) is 11.3 Å². The number of hydrogen-bond acceptors (Lipinski definition) is 7. The summed E-state index contributed by atoms with van der Waals surface area (Å²) in [4.78, 5) is 0. The molecule has 8 nitrogen and oxygen atoms in total. The van der Waals surface area contributed by atoms with Gasteiger partial charge < -0.3 is 14.8 Å². The third-order valence-corrected chi connectivity index (χ3v) is 3.67. The predicted molar refractivity (Wildman–Crippen MR) is 96.4 cm³/mol. The zero-order chi connectivity index (χ0) is 18.4. The Balaban J connectivity index is 1.89. The highest BCUT2D eigenvalue weighted by atomic mass is 16.5. The summed E-state index contributed by atoms with van der Waals surface area (Å²) in [5.41, 5.74) is 2.96. The van der Waals surface area contributed by atoms with E-state index in [4.69, 9.17) is 9.47 Å². The summed E-state index contributed by atoms with van der Waals surface area (Å²) in [6.07, 6.45) is 1.54. The largest absolute Gasteiger partial charge is 0.497 e. The number of anilines is 1. The van der Waals surface area contributed by atoms with Gasteiger partial charge in [0.15, 0.2) is 0 Å². The van der Waals surface area contributed by atoms with Crippen LogP contribution in [0.5, 0.6) is 11.5 Å². The molecule has 8 heteroatoms. The van der Waals surface area contributed by atoms with Gasteiger partial charge in [0, 0.05) is 23.5 Å². The molecular formula is C18H16N6O2. The average molecular weight is 348 g/mol. The summed E-state index contributed by atoms with van der Waals surface area (Å²) in [5, 5.41) is 25.7. The van der Waals surface area contributed by atoms with Crippen molar-refractivity contribution < 1.29 is 9.47 Å². The standard InChI is InChI=1S/C18H16N6O2/c1-25-15-6-7-16(17(9-15)26-2)12-4-3-5-14(8-12)20-11-13(10-19)18-21-23-24-22-18/h3-9,11,20H,1-2H3,(H,21,22,23,24). The molecular weight excluding hydrogens is 332 g/mol. The van der Waals surface area contributed by atoms with Crippen LogP contribution in [0.4, 0.5) is 5.69 Å². The second kappa shape index (κ2) is 7.81. The lowest BCUT2D eigenvalue weighted by Crippen LogP contribution is -1.94. The van der Waals surface area contributed by atoms with Crippen LogP contribution in [0.15, 0.2) is 48.7 Å². The predicted octanol–water partition coefficient (Wildman–Crippen LogP) is 2.86. The van der Waals surface area contributed by atoms with Gasteiger partial charge in [0.2, 0.25) is 5.82 Å². The molecule has 130 valence electrons. The van der Waals surface area contributed by atoms with Crippen molar-refractivity contribution in [1.29, 1.82) is 5.26 Å². The van der Waals surface area contributed by atoms with Crippen LogP contribution in [0.2, 0.25) is 0 Å². The fraction of sp³-hybridized carbons (Fsp3) is 0.111. The van der Waals surface area contributed by atoms with Crippen molar-refractivity contribution in [2.75, 3.05) is 19.5 Å². The number of H-pyrrole nitrogens is 1. The summed E-state index contributed by atoms with van der Waals surface area (Å²) >= 11 is 0. The number of nitriles is 1. The summed E-state index contributed by atoms with van der Waals surface area (Å²) in [7, 11) is 3.23. The van der Waals surface area contributed by atoms with E-state index in [0.717, 1.165) is 22.6 Å². The van der Waals surface area contributed by atoms with Crippen molar-refractivity contribution in [2.45, 2.75) is 0 Å². The van der Waals surface area contributed by atoms with E-state index in [1.54, 1.807) is 14.2 Å². The Hall–Kier alpha value is -3.86. The topological polar surface area (TPSA) is 109 Å². The van der Waals surface area contributed by atoms with Gasteiger partial charge in [0.1, 0.15) is 23.1 Å². The number of allylic oxidation sites excluding steroid dienone is 1. The number of hydrogen-bond donors (Lipinski definition) is 2. The maximum atomic E-state index is 9.22. The molecule has 0 saturated carbocycles. The maximum absolute atomic E-state index is 9.22.